The van der Waals surface area contributed by atoms with Crippen molar-refractivity contribution in [3.05, 3.63) is 59.3 Å². The maximum atomic E-state index is 12.5. The van der Waals surface area contributed by atoms with Crippen LogP contribution < -0.4 is 11.1 Å². The van der Waals surface area contributed by atoms with E-state index in [-0.39, 0.29) is 5.91 Å². The molecular formula is C17H17N3O. The summed E-state index contributed by atoms with van der Waals surface area (Å²) in [7, 11) is 0. The Morgan fingerprint density at radius 2 is 2.00 bits per heavy atom. The van der Waals surface area contributed by atoms with E-state index in [1.165, 1.54) is 0 Å². The van der Waals surface area contributed by atoms with Crippen LogP contribution in [0.1, 0.15) is 21.5 Å². The van der Waals surface area contributed by atoms with Crippen LogP contribution in [0.4, 0.5) is 11.4 Å². The molecule has 3 rings (SSSR count). The standard InChI is InChI=1S/C17H17N3O/c1-10-4-3-5-15(11(10)2)20-17(21)14-9-19-16-8-12(18)6-7-13(14)16/h3-9,19H,18H2,1-2H3,(H,20,21). The van der Waals surface area contributed by atoms with Crippen molar-refractivity contribution in [3.8, 4) is 0 Å². The molecule has 1 amide bonds. The van der Waals surface area contributed by atoms with E-state index in [0.717, 1.165) is 27.7 Å². The number of amides is 1. The number of nitrogens with two attached hydrogens (primary N) is 1. The minimum Gasteiger partial charge on any atom is -0.399 e. The summed E-state index contributed by atoms with van der Waals surface area (Å²) in [5, 5.41) is 3.84. The van der Waals surface area contributed by atoms with Crippen LogP contribution in [0.3, 0.4) is 0 Å². The van der Waals surface area contributed by atoms with Gasteiger partial charge in [0.15, 0.2) is 0 Å². The van der Waals surface area contributed by atoms with E-state index in [1.54, 1.807) is 12.3 Å². The number of rotatable bonds is 2. The van der Waals surface area contributed by atoms with Gasteiger partial charge in [0.2, 0.25) is 0 Å². The van der Waals surface area contributed by atoms with Gasteiger partial charge in [0.1, 0.15) is 0 Å². The van der Waals surface area contributed by atoms with Gasteiger partial charge in [-0.05, 0) is 49.2 Å². The molecule has 0 aliphatic carbocycles. The van der Waals surface area contributed by atoms with Gasteiger partial charge in [0, 0.05) is 28.5 Å². The number of aromatic amines is 1. The van der Waals surface area contributed by atoms with Gasteiger partial charge in [0.05, 0.1) is 5.56 Å². The van der Waals surface area contributed by atoms with Crippen molar-refractivity contribution >= 4 is 28.2 Å². The van der Waals surface area contributed by atoms with E-state index in [0.29, 0.717) is 11.3 Å². The molecule has 0 saturated heterocycles. The lowest BCUT2D eigenvalue weighted by Gasteiger charge is -2.09. The van der Waals surface area contributed by atoms with E-state index < -0.39 is 0 Å². The molecule has 106 valence electrons. The first kappa shape index (κ1) is 13.2. The number of benzene rings is 2. The highest BCUT2D eigenvalue weighted by atomic mass is 16.1. The molecule has 1 heterocycles. The fraction of sp³-hybridized carbons (Fsp3) is 0.118. The van der Waals surface area contributed by atoms with Crippen LogP contribution in [0.2, 0.25) is 0 Å². The summed E-state index contributed by atoms with van der Waals surface area (Å²) in [6.07, 6.45) is 1.71. The Kier molecular flexibility index (Phi) is 3.14. The van der Waals surface area contributed by atoms with Crippen LogP contribution in [-0.4, -0.2) is 10.9 Å². The van der Waals surface area contributed by atoms with Gasteiger partial charge in [-0.1, -0.05) is 12.1 Å². The molecule has 0 radical (unpaired) electrons. The number of aromatic nitrogens is 1. The Morgan fingerprint density at radius 1 is 1.19 bits per heavy atom. The number of H-pyrrole nitrogens is 1. The van der Waals surface area contributed by atoms with Gasteiger partial charge in [-0.3, -0.25) is 4.79 Å². The van der Waals surface area contributed by atoms with E-state index in [4.69, 9.17) is 5.73 Å². The number of nitrogens with one attached hydrogen (secondary N) is 2. The first-order valence-corrected chi connectivity index (χ1v) is 6.80. The third-order valence-corrected chi connectivity index (χ3v) is 3.80. The molecule has 0 unspecified atom stereocenters. The number of hydrogen-bond donors (Lipinski definition) is 3. The topological polar surface area (TPSA) is 70.9 Å². The Balaban J connectivity index is 1.96. The number of hydrogen-bond acceptors (Lipinski definition) is 2. The molecule has 1 aromatic heterocycles. The maximum absolute atomic E-state index is 12.5. The molecule has 21 heavy (non-hydrogen) atoms. The second-order valence-corrected chi connectivity index (χ2v) is 5.21. The Hall–Kier alpha value is -2.75. The van der Waals surface area contributed by atoms with Crippen molar-refractivity contribution in [1.29, 1.82) is 0 Å². The molecule has 0 fully saturated rings. The Morgan fingerprint density at radius 3 is 2.81 bits per heavy atom. The largest absolute Gasteiger partial charge is 0.399 e. The minimum atomic E-state index is -0.125. The molecule has 4 heteroatoms. The van der Waals surface area contributed by atoms with Gasteiger partial charge >= 0.3 is 0 Å². The molecule has 2 aromatic carbocycles. The summed E-state index contributed by atoms with van der Waals surface area (Å²) in [4.78, 5) is 15.6. The second kappa shape index (κ2) is 4.98. The van der Waals surface area contributed by atoms with Gasteiger partial charge in [-0.2, -0.15) is 0 Å². The van der Waals surface area contributed by atoms with Gasteiger partial charge in [-0.15, -0.1) is 0 Å². The summed E-state index contributed by atoms with van der Waals surface area (Å²) in [6.45, 7) is 4.03. The third-order valence-electron chi connectivity index (χ3n) is 3.80. The van der Waals surface area contributed by atoms with Crippen LogP contribution in [0.25, 0.3) is 10.9 Å². The number of fused-ring (bicyclic) bond motifs is 1. The fourth-order valence-electron chi connectivity index (χ4n) is 2.41. The van der Waals surface area contributed by atoms with Crippen LogP contribution in [-0.2, 0) is 0 Å². The average Bonchev–Trinajstić information content (AvgIpc) is 2.86. The maximum Gasteiger partial charge on any atom is 0.257 e. The van der Waals surface area contributed by atoms with Gasteiger partial charge in [-0.25, -0.2) is 0 Å². The fourth-order valence-corrected chi connectivity index (χ4v) is 2.41. The van der Waals surface area contributed by atoms with Gasteiger partial charge in [0.25, 0.3) is 5.91 Å². The van der Waals surface area contributed by atoms with Crippen LogP contribution in [0, 0.1) is 13.8 Å². The molecule has 0 atom stereocenters. The van der Waals surface area contributed by atoms with Crippen LogP contribution >= 0.6 is 0 Å². The quantitative estimate of drug-likeness (QED) is 0.627. The minimum absolute atomic E-state index is 0.125. The number of nitrogen functional groups attached to an aromatic ring is 1. The Bertz CT molecular complexity index is 833. The normalized spacial score (nSPS) is 10.8. The molecule has 4 nitrogen and oxygen atoms in total. The molecule has 4 N–H and O–H groups in total. The first-order chi connectivity index (χ1) is 10.1. The third kappa shape index (κ3) is 2.36. The molecule has 0 bridgehead atoms. The SMILES string of the molecule is Cc1cccc(NC(=O)c2c[nH]c3cc(N)ccc23)c1C. The molecule has 3 aromatic rings. The number of aryl methyl sites for hydroxylation is 1. The van der Waals surface area contributed by atoms with Crippen molar-refractivity contribution in [2.75, 3.05) is 11.1 Å². The summed E-state index contributed by atoms with van der Waals surface area (Å²) in [6, 6.07) is 11.4. The van der Waals surface area contributed by atoms with Crippen molar-refractivity contribution in [3.63, 3.8) is 0 Å². The smallest absolute Gasteiger partial charge is 0.257 e. The van der Waals surface area contributed by atoms with Crippen molar-refractivity contribution in [2.45, 2.75) is 13.8 Å². The number of anilines is 2. The van der Waals surface area contributed by atoms with E-state index in [9.17, 15) is 4.79 Å². The molecule has 0 saturated carbocycles. The highest BCUT2D eigenvalue weighted by Crippen LogP contribution is 2.23. The van der Waals surface area contributed by atoms with E-state index >= 15 is 0 Å². The predicted octanol–water partition coefficient (Wildman–Crippen LogP) is 3.62. The predicted molar refractivity (Wildman–Crippen MR) is 86.6 cm³/mol. The van der Waals surface area contributed by atoms with Crippen LogP contribution in [0.15, 0.2) is 42.6 Å². The lowest BCUT2D eigenvalue weighted by molar-refractivity contribution is 0.102. The molecule has 0 aliphatic heterocycles. The average molecular weight is 279 g/mol. The van der Waals surface area contributed by atoms with Crippen molar-refractivity contribution in [2.24, 2.45) is 0 Å². The number of carbonyl (C=O) groups is 1. The van der Waals surface area contributed by atoms with E-state index in [1.807, 2.05) is 44.2 Å². The summed E-state index contributed by atoms with van der Waals surface area (Å²) >= 11 is 0. The van der Waals surface area contributed by atoms with Crippen molar-refractivity contribution in [1.82, 2.24) is 4.98 Å². The molecular weight excluding hydrogens is 262 g/mol. The van der Waals surface area contributed by atoms with Crippen molar-refractivity contribution < 1.29 is 4.79 Å². The first-order valence-electron chi connectivity index (χ1n) is 6.80. The zero-order valence-corrected chi connectivity index (χ0v) is 12.0. The zero-order valence-electron chi connectivity index (χ0n) is 12.0. The molecule has 0 aliphatic rings. The van der Waals surface area contributed by atoms with E-state index in [2.05, 4.69) is 10.3 Å². The molecule has 0 spiro atoms. The Labute approximate surface area is 123 Å². The lowest BCUT2D eigenvalue weighted by atomic mass is 10.1. The van der Waals surface area contributed by atoms with Crippen LogP contribution in [0.5, 0.6) is 0 Å². The highest BCUT2D eigenvalue weighted by molar-refractivity contribution is 6.13. The summed E-state index contributed by atoms with van der Waals surface area (Å²) < 4.78 is 0. The number of carbonyl (C=O) groups excluding carboxylic acids is 1. The summed E-state index contributed by atoms with van der Waals surface area (Å²) in [5.74, 6) is -0.125. The zero-order chi connectivity index (χ0) is 15.0. The monoisotopic (exact) mass is 279 g/mol. The summed E-state index contributed by atoms with van der Waals surface area (Å²) in [5.41, 5.74) is 11.0. The van der Waals surface area contributed by atoms with Gasteiger partial charge < -0.3 is 16.0 Å². The lowest BCUT2D eigenvalue weighted by Crippen LogP contribution is -2.12. The second-order valence-electron chi connectivity index (χ2n) is 5.21. The highest BCUT2D eigenvalue weighted by Gasteiger charge is 2.13.